The zero-order valence-corrected chi connectivity index (χ0v) is 19.4. The molecule has 31 heavy (non-hydrogen) atoms. The van der Waals surface area contributed by atoms with Crippen LogP contribution in [0.3, 0.4) is 0 Å². The maximum Gasteiger partial charge on any atom is 0.315 e. The van der Waals surface area contributed by atoms with E-state index in [9.17, 15) is 9.59 Å². The van der Waals surface area contributed by atoms with Gasteiger partial charge in [-0.3, -0.25) is 14.6 Å². The number of carbonyl (C=O) groups is 2. The Bertz CT molecular complexity index is 928. The Labute approximate surface area is 184 Å². The van der Waals surface area contributed by atoms with Crippen LogP contribution in [-0.2, 0) is 14.3 Å². The lowest BCUT2D eigenvalue weighted by Gasteiger charge is -2.39. The van der Waals surface area contributed by atoms with E-state index < -0.39 is 11.8 Å². The lowest BCUT2D eigenvalue weighted by Crippen LogP contribution is -2.39. The van der Waals surface area contributed by atoms with Crippen molar-refractivity contribution in [3.05, 3.63) is 35.0 Å². The Morgan fingerprint density at radius 2 is 1.94 bits per heavy atom. The standard InChI is InChI=1S/C25H33NO5/c1-7-8-11-31-24(28)21-15(2)26-18-13-25(3,4)14-19(27)23(18)22(21)17-12-16(29-5)9-10-20(17)30-6/h9-10,12,21-22H,7-8,11,13-14H2,1-6H3/t21?,22-/m1/s1. The average Bonchev–Trinajstić information content (AvgIpc) is 2.71. The molecule has 0 saturated carbocycles. The van der Waals surface area contributed by atoms with Crippen LogP contribution < -0.4 is 9.47 Å². The topological polar surface area (TPSA) is 74.2 Å². The zero-order chi connectivity index (χ0) is 22.8. The van der Waals surface area contributed by atoms with Crippen LogP contribution in [0.5, 0.6) is 11.5 Å². The van der Waals surface area contributed by atoms with Crippen molar-refractivity contribution in [2.45, 2.75) is 59.3 Å². The molecule has 1 aromatic carbocycles. The van der Waals surface area contributed by atoms with Gasteiger partial charge in [-0.05, 0) is 43.4 Å². The molecule has 3 rings (SSSR count). The first kappa shape index (κ1) is 23.0. The number of benzene rings is 1. The van der Waals surface area contributed by atoms with Crippen LogP contribution in [0, 0.1) is 11.3 Å². The molecular formula is C25H33NO5. The fourth-order valence-corrected chi connectivity index (χ4v) is 4.58. The van der Waals surface area contributed by atoms with Gasteiger partial charge in [0.1, 0.15) is 17.4 Å². The number of esters is 1. The molecule has 0 aromatic heterocycles. The molecule has 6 heteroatoms. The SMILES string of the molecule is CCCCOC(=O)C1C(C)=NC2=C(C(=O)CC(C)(C)C2)[C@@H]1c1cc(OC)ccc1OC. The third-order valence-corrected chi connectivity index (χ3v) is 6.07. The van der Waals surface area contributed by atoms with E-state index in [1.54, 1.807) is 14.2 Å². The van der Waals surface area contributed by atoms with Gasteiger partial charge in [-0.15, -0.1) is 0 Å². The molecule has 0 fully saturated rings. The number of methoxy groups -OCH3 is 2. The monoisotopic (exact) mass is 427 g/mol. The summed E-state index contributed by atoms with van der Waals surface area (Å²) in [7, 11) is 3.18. The summed E-state index contributed by atoms with van der Waals surface area (Å²) in [6.07, 6.45) is 2.83. The van der Waals surface area contributed by atoms with Crippen molar-refractivity contribution in [1.29, 1.82) is 0 Å². The van der Waals surface area contributed by atoms with Gasteiger partial charge in [0, 0.05) is 34.9 Å². The minimum Gasteiger partial charge on any atom is -0.497 e. The summed E-state index contributed by atoms with van der Waals surface area (Å²) in [6.45, 7) is 8.40. The van der Waals surface area contributed by atoms with E-state index in [-0.39, 0.29) is 17.2 Å². The molecule has 2 aliphatic rings. The fourth-order valence-electron chi connectivity index (χ4n) is 4.58. The number of Topliss-reactive ketones (excluding diaryl/α,β-unsaturated/α-hetero) is 1. The van der Waals surface area contributed by atoms with E-state index in [4.69, 9.17) is 19.2 Å². The number of allylic oxidation sites excluding steroid dienone is 2. The summed E-state index contributed by atoms with van der Waals surface area (Å²) in [4.78, 5) is 31.3. The summed E-state index contributed by atoms with van der Waals surface area (Å²) in [5, 5.41) is 0. The van der Waals surface area contributed by atoms with Crippen molar-refractivity contribution in [3.63, 3.8) is 0 Å². The van der Waals surface area contributed by atoms with Crippen molar-refractivity contribution < 1.29 is 23.8 Å². The predicted octanol–water partition coefficient (Wildman–Crippen LogP) is 4.86. The average molecular weight is 428 g/mol. The van der Waals surface area contributed by atoms with Gasteiger partial charge >= 0.3 is 5.97 Å². The first-order chi connectivity index (χ1) is 14.7. The molecule has 1 aliphatic heterocycles. The molecule has 0 radical (unpaired) electrons. The Hall–Kier alpha value is -2.63. The summed E-state index contributed by atoms with van der Waals surface area (Å²) in [5.74, 6) is -0.273. The second-order valence-corrected chi connectivity index (χ2v) is 9.14. The van der Waals surface area contributed by atoms with Gasteiger partial charge in [-0.2, -0.15) is 0 Å². The predicted molar refractivity (Wildman–Crippen MR) is 120 cm³/mol. The maximum atomic E-state index is 13.4. The lowest BCUT2D eigenvalue weighted by molar-refractivity contribution is -0.146. The van der Waals surface area contributed by atoms with Crippen LogP contribution in [0.15, 0.2) is 34.5 Å². The molecule has 6 nitrogen and oxygen atoms in total. The molecule has 0 saturated heterocycles. The number of carbonyl (C=O) groups excluding carboxylic acids is 2. The lowest BCUT2D eigenvalue weighted by atomic mass is 9.66. The van der Waals surface area contributed by atoms with Gasteiger partial charge in [-0.25, -0.2) is 0 Å². The van der Waals surface area contributed by atoms with Crippen LogP contribution in [-0.4, -0.2) is 38.3 Å². The number of ether oxygens (including phenoxy) is 3. The first-order valence-corrected chi connectivity index (χ1v) is 10.9. The van der Waals surface area contributed by atoms with Crippen molar-refractivity contribution in [1.82, 2.24) is 0 Å². The minimum absolute atomic E-state index is 0.0312. The van der Waals surface area contributed by atoms with Crippen LogP contribution >= 0.6 is 0 Å². The Kier molecular flexibility index (Phi) is 6.87. The largest absolute Gasteiger partial charge is 0.497 e. The van der Waals surface area contributed by atoms with E-state index in [0.29, 0.717) is 42.2 Å². The van der Waals surface area contributed by atoms with Gasteiger partial charge in [0.2, 0.25) is 0 Å². The molecule has 1 unspecified atom stereocenters. The van der Waals surface area contributed by atoms with Crippen molar-refractivity contribution in [3.8, 4) is 11.5 Å². The summed E-state index contributed by atoms with van der Waals surface area (Å²) in [5.41, 5.74) is 2.62. The van der Waals surface area contributed by atoms with E-state index in [1.807, 2.05) is 32.0 Å². The number of rotatable bonds is 7. The van der Waals surface area contributed by atoms with Gasteiger partial charge in [-0.1, -0.05) is 27.2 Å². The number of hydrogen-bond acceptors (Lipinski definition) is 6. The normalized spacial score (nSPS) is 22.5. The zero-order valence-electron chi connectivity index (χ0n) is 19.4. The van der Waals surface area contributed by atoms with Gasteiger partial charge < -0.3 is 14.2 Å². The highest BCUT2D eigenvalue weighted by Crippen LogP contribution is 2.50. The van der Waals surface area contributed by atoms with E-state index in [0.717, 1.165) is 24.1 Å². The first-order valence-electron chi connectivity index (χ1n) is 10.9. The molecule has 1 heterocycles. The highest BCUT2D eigenvalue weighted by atomic mass is 16.5. The van der Waals surface area contributed by atoms with E-state index in [2.05, 4.69) is 13.8 Å². The van der Waals surface area contributed by atoms with Gasteiger partial charge in [0.15, 0.2) is 5.78 Å². The van der Waals surface area contributed by atoms with Crippen LogP contribution in [0.25, 0.3) is 0 Å². The number of hydrogen-bond donors (Lipinski definition) is 0. The Morgan fingerprint density at radius 3 is 2.58 bits per heavy atom. The highest BCUT2D eigenvalue weighted by molar-refractivity contribution is 6.09. The number of unbranched alkanes of at least 4 members (excludes halogenated alkanes) is 1. The Morgan fingerprint density at radius 1 is 1.19 bits per heavy atom. The van der Waals surface area contributed by atoms with Crippen molar-refractivity contribution in [2.24, 2.45) is 16.3 Å². The molecule has 2 atom stereocenters. The van der Waals surface area contributed by atoms with E-state index in [1.165, 1.54) is 0 Å². The van der Waals surface area contributed by atoms with Crippen molar-refractivity contribution in [2.75, 3.05) is 20.8 Å². The minimum atomic E-state index is -0.679. The molecule has 0 spiro atoms. The fraction of sp³-hybridized carbons (Fsp3) is 0.560. The molecular weight excluding hydrogens is 394 g/mol. The molecule has 1 aliphatic carbocycles. The smallest absolute Gasteiger partial charge is 0.315 e. The Balaban J connectivity index is 2.17. The van der Waals surface area contributed by atoms with Gasteiger partial charge in [0.25, 0.3) is 0 Å². The van der Waals surface area contributed by atoms with Crippen molar-refractivity contribution >= 4 is 17.5 Å². The van der Waals surface area contributed by atoms with Crippen LogP contribution in [0.1, 0.15) is 64.9 Å². The van der Waals surface area contributed by atoms with E-state index >= 15 is 0 Å². The molecule has 0 N–H and O–H groups in total. The van der Waals surface area contributed by atoms with Crippen LogP contribution in [0.2, 0.25) is 0 Å². The third-order valence-electron chi connectivity index (χ3n) is 6.07. The highest BCUT2D eigenvalue weighted by Gasteiger charge is 2.47. The van der Waals surface area contributed by atoms with Crippen LogP contribution in [0.4, 0.5) is 0 Å². The molecule has 168 valence electrons. The summed E-state index contributed by atoms with van der Waals surface area (Å²) in [6, 6.07) is 5.47. The second kappa shape index (κ2) is 9.25. The summed E-state index contributed by atoms with van der Waals surface area (Å²) < 4.78 is 16.7. The molecule has 1 aromatic rings. The number of ketones is 1. The number of aliphatic imine (C=N–C) groups is 1. The second-order valence-electron chi connectivity index (χ2n) is 9.14. The summed E-state index contributed by atoms with van der Waals surface area (Å²) >= 11 is 0. The number of nitrogens with zero attached hydrogens (tertiary/aromatic N) is 1. The third kappa shape index (κ3) is 4.68. The molecule has 0 amide bonds. The van der Waals surface area contributed by atoms with Gasteiger partial charge in [0.05, 0.1) is 20.8 Å². The quantitative estimate of drug-likeness (QED) is 0.459. The maximum absolute atomic E-state index is 13.4. The molecule has 0 bridgehead atoms.